The van der Waals surface area contributed by atoms with Gasteiger partial charge in [0.1, 0.15) is 5.82 Å². The van der Waals surface area contributed by atoms with Gasteiger partial charge in [0.2, 0.25) is 0 Å². The fraction of sp³-hybridized carbons (Fsp3) is 0.389. The van der Waals surface area contributed by atoms with Crippen molar-refractivity contribution in [2.24, 2.45) is 5.92 Å². The third-order valence-corrected chi connectivity index (χ3v) is 4.42. The second-order valence-electron chi connectivity index (χ2n) is 6.37. The molecule has 3 rings (SSSR count). The SMILES string of the molecule is Cc1ccc2n1CCN(C(=O)Nc1ccc(F)cc1)[C@H]2C(C)C. The number of urea groups is 1. The Hall–Kier alpha value is -2.30. The normalized spacial score (nSPS) is 17.3. The molecule has 0 aliphatic carbocycles. The molecule has 2 amide bonds. The van der Waals surface area contributed by atoms with Crippen molar-refractivity contribution in [3.05, 3.63) is 53.6 Å². The predicted octanol–water partition coefficient (Wildman–Crippen LogP) is 4.18. The molecule has 1 aliphatic rings. The van der Waals surface area contributed by atoms with Crippen molar-refractivity contribution in [2.45, 2.75) is 33.4 Å². The maximum atomic E-state index is 13.0. The molecule has 2 heterocycles. The maximum Gasteiger partial charge on any atom is 0.322 e. The van der Waals surface area contributed by atoms with Crippen LogP contribution < -0.4 is 5.32 Å². The molecule has 1 aromatic carbocycles. The van der Waals surface area contributed by atoms with Gasteiger partial charge >= 0.3 is 6.03 Å². The zero-order chi connectivity index (χ0) is 16.6. The number of aromatic nitrogens is 1. The molecule has 5 heteroatoms. The van der Waals surface area contributed by atoms with Crippen molar-refractivity contribution in [3.8, 4) is 0 Å². The van der Waals surface area contributed by atoms with E-state index in [2.05, 4.69) is 42.8 Å². The van der Waals surface area contributed by atoms with Gasteiger partial charge in [0.25, 0.3) is 0 Å². The van der Waals surface area contributed by atoms with Crippen LogP contribution in [-0.2, 0) is 6.54 Å². The van der Waals surface area contributed by atoms with Crippen molar-refractivity contribution in [1.82, 2.24) is 9.47 Å². The van der Waals surface area contributed by atoms with E-state index in [0.717, 1.165) is 6.54 Å². The topological polar surface area (TPSA) is 37.3 Å². The van der Waals surface area contributed by atoms with E-state index in [1.807, 2.05) is 4.90 Å². The van der Waals surface area contributed by atoms with E-state index in [1.165, 1.54) is 23.5 Å². The monoisotopic (exact) mass is 315 g/mol. The average Bonchev–Trinajstić information content (AvgIpc) is 2.90. The first-order valence-electron chi connectivity index (χ1n) is 7.96. The first kappa shape index (κ1) is 15.6. The molecule has 1 aliphatic heterocycles. The molecule has 0 radical (unpaired) electrons. The van der Waals surface area contributed by atoms with Crippen LogP contribution in [0.5, 0.6) is 0 Å². The van der Waals surface area contributed by atoms with Crippen LogP contribution in [0.25, 0.3) is 0 Å². The van der Waals surface area contributed by atoms with Crippen LogP contribution in [0.2, 0.25) is 0 Å². The number of benzene rings is 1. The number of halogens is 1. The zero-order valence-corrected chi connectivity index (χ0v) is 13.7. The lowest BCUT2D eigenvalue weighted by molar-refractivity contribution is 0.143. The molecular formula is C18H22FN3O. The van der Waals surface area contributed by atoms with Crippen LogP contribution in [0.15, 0.2) is 36.4 Å². The summed E-state index contributed by atoms with van der Waals surface area (Å²) in [5.74, 6) is -0.00310. The Labute approximate surface area is 135 Å². The summed E-state index contributed by atoms with van der Waals surface area (Å²) in [5, 5.41) is 2.87. The second kappa shape index (κ2) is 6.07. The van der Waals surface area contributed by atoms with Crippen LogP contribution in [-0.4, -0.2) is 22.0 Å². The lowest BCUT2D eigenvalue weighted by atomic mass is 9.97. The van der Waals surface area contributed by atoms with Crippen molar-refractivity contribution in [3.63, 3.8) is 0 Å². The molecule has 1 aromatic heterocycles. The molecule has 0 unspecified atom stereocenters. The lowest BCUT2D eigenvalue weighted by Gasteiger charge is -2.39. The molecule has 1 atom stereocenters. The van der Waals surface area contributed by atoms with E-state index in [1.54, 1.807) is 12.1 Å². The Balaban J connectivity index is 1.83. The third kappa shape index (κ3) is 2.96. The van der Waals surface area contributed by atoms with E-state index >= 15 is 0 Å². The van der Waals surface area contributed by atoms with Crippen LogP contribution >= 0.6 is 0 Å². The minimum atomic E-state index is -0.311. The molecule has 2 aromatic rings. The Bertz CT molecular complexity index is 706. The van der Waals surface area contributed by atoms with Gasteiger partial charge in [-0.05, 0) is 49.2 Å². The predicted molar refractivity (Wildman–Crippen MR) is 88.9 cm³/mol. The minimum absolute atomic E-state index is 0.0397. The van der Waals surface area contributed by atoms with Crippen molar-refractivity contribution in [2.75, 3.05) is 11.9 Å². The number of anilines is 1. The first-order chi connectivity index (χ1) is 11.0. The fourth-order valence-corrected chi connectivity index (χ4v) is 3.32. The van der Waals surface area contributed by atoms with Gasteiger partial charge in [0.05, 0.1) is 6.04 Å². The quantitative estimate of drug-likeness (QED) is 0.887. The maximum absolute atomic E-state index is 13.0. The molecule has 1 N–H and O–H groups in total. The largest absolute Gasteiger partial charge is 0.345 e. The summed E-state index contributed by atoms with van der Waals surface area (Å²) in [6, 6.07) is 9.96. The van der Waals surface area contributed by atoms with Gasteiger partial charge in [0, 0.05) is 30.2 Å². The summed E-state index contributed by atoms with van der Waals surface area (Å²) in [4.78, 5) is 14.6. The summed E-state index contributed by atoms with van der Waals surface area (Å²) in [7, 11) is 0. The molecule has 23 heavy (non-hydrogen) atoms. The van der Waals surface area contributed by atoms with Crippen molar-refractivity contribution in [1.29, 1.82) is 0 Å². The van der Waals surface area contributed by atoms with Crippen LogP contribution in [0.3, 0.4) is 0 Å². The number of nitrogens with one attached hydrogen (secondary N) is 1. The molecule has 0 saturated heterocycles. The van der Waals surface area contributed by atoms with E-state index in [4.69, 9.17) is 0 Å². The standard InChI is InChI=1S/C18H22FN3O/c1-12(2)17-16-9-4-13(3)21(16)10-11-22(17)18(23)20-15-7-5-14(19)6-8-15/h4-9,12,17H,10-11H2,1-3H3,(H,20,23)/t17-/m0/s1. The average molecular weight is 315 g/mol. The van der Waals surface area contributed by atoms with Gasteiger partial charge in [-0.3, -0.25) is 0 Å². The molecule has 122 valence electrons. The van der Waals surface area contributed by atoms with Gasteiger partial charge in [-0.2, -0.15) is 0 Å². The van der Waals surface area contributed by atoms with E-state index < -0.39 is 0 Å². The number of carbonyl (C=O) groups is 1. The van der Waals surface area contributed by atoms with Gasteiger partial charge in [-0.25, -0.2) is 9.18 Å². The number of hydrogen-bond acceptors (Lipinski definition) is 1. The van der Waals surface area contributed by atoms with Crippen LogP contribution in [0.1, 0.15) is 31.3 Å². The number of hydrogen-bond donors (Lipinski definition) is 1. The summed E-state index contributed by atoms with van der Waals surface area (Å²) in [5.41, 5.74) is 3.01. The van der Waals surface area contributed by atoms with Gasteiger partial charge in [0.15, 0.2) is 0 Å². The molecular weight excluding hydrogens is 293 g/mol. The Morgan fingerprint density at radius 1 is 1.17 bits per heavy atom. The Morgan fingerprint density at radius 3 is 2.52 bits per heavy atom. The van der Waals surface area contributed by atoms with Gasteiger partial charge < -0.3 is 14.8 Å². The second-order valence-corrected chi connectivity index (χ2v) is 6.37. The minimum Gasteiger partial charge on any atom is -0.345 e. The first-order valence-corrected chi connectivity index (χ1v) is 7.96. The molecule has 0 bridgehead atoms. The highest BCUT2D eigenvalue weighted by molar-refractivity contribution is 5.89. The molecule has 0 spiro atoms. The van der Waals surface area contributed by atoms with Crippen LogP contribution in [0.4, 0.5) is 14.9 Å². The van der Waals surface area contributed by atoms with Gasteiger partial charge in [-0.15, -0.1) is 0 Å². The lowest BCUT2D eigenvalue weighted by Crippen LogP contribution is -2.46. The third-order valence-electron chi connectivity index (χ3n) is 4.42. The highest BCUT2D eigenvalue weighted by atomic mass is 19.1. The van der Waals surface area contributed by atoms with Crippen LogP contribution in [0, 0.1) is 18.7 Å². The summed E-state index contributed by atoms with van der Waals surface area (Å²) in [6.45, 7) is 7.81. The summed E-state index contributed by atoms with van der Waals surface area (Å²) >= 11 is 0. The molecule has 4 nitrogen and oxygen atoms in total. The summed E-state index contributed by atoms with van der Waals surface area (Å²) < 4.78 is 15.3. The Morgan fingerprint density at radius 2 is 1.87 bits per heavy atom. The number of aryl methyl sites for hydroxylation is 1. The number of carbonyl (C=O) groups excluding carboxylic acids is 1. The molecule has 0 saturated carbocycles. The number of nitrogens with zero attached hydrogens (tertiary/aromatic N) is 2. The van der Waals surface area contributed by atoms with E-state index in [9.17, 15) is 9.18 Å². The number of amides is 2. The van der Waals surface area contributed by atoms with Crippen molar-refractivity contribution < 1.29 is 9.18 Å². The highest BCUT2D eigenvalue weighted by Gasteiger charge is 2.33. The van der Waals surface area contributed by atoms with Gasteiger partial charge in [-0.1, -0.05) is 13.8 Å². The number of fused-ring (bicyclic) bond motifs is 1. The zero-order valence-electron chi connectivity index (χ0n) is 13.7. The highest BCUT2D eigenvalue weighted by Crippen LogP contribution is 2.33. The fourth-order valence-electron chi connectivity index (χ4n) is 3.32. The van der Waals surface area contributed by atoms with E-state index in [-0.39, 0.29) is 17.9 Å². The Kier molecular flexibility index (Phi) is 4.11. The number of rotatable bonds is 2. The molecule has 0 fully saturated rings. The van der Waals surface area contributed by atoms with Crippen molar-refractivity contribution >= 4 is 11.7 Å². The summed E-state index contributed by atoms with van der Waals surface area (Å²) in [6.07, 6.45) is 0. The van der Waals surface area contributed by atoms with E-state index in [0.29, 0.717) is 18.2 Å². The smallest absolute Gasteiger partial charge is 0.322 e.